The summed E-state index contributed by atoms with van der Waals surface area (Å²) in [5.74, 6) is -0.651. The molecule has 0 saturated carbocycles. The maximum Gasteiger partial charge on any atom is 0.339 e. The van der Waals surface area contributed by atoms with E-state index in [1.54, 1.807) is 24.3 Å². The van der Waals surface area contributed by atoms with Crippen LogP contribution < -0.4 is 5.32 Å². The van der Waals surface area contributed by atoms with E-state index in [9.17, 15) is 9.59 Å². The number of para-hydroxylation sites is 1. The Kier molecular flexibility index (Phi) is 6.09. The predicted molar refractivity (Wildman–Crippen MR) is 93.9 cm³/mol. The second kappa shape index (κ2) is 8.26. The van der Waals surface area contributed by atoms with E-state index in [4.69, 9.17) is 4.74 Å². The SMILES string of the molecule is COC(=O)c1ccccc1NC(=O)CN(C)Cc1ccccc1C. The van der Waals surface area contributed by atoms with Crippen molar-refractivity contribution in [3.63, 3.8) is 0 Å². The normalized spacial score (nSPS) is 10.5. The maximum absolute atomic E-state index is 12.3. The smallest absolute Gasteiger partial charge is 0.339 e. The summed E-state index contributed by atoms with van der Waals surface area (Å²) in [7, 11) is 3.20. The van der Waals surface area contributed by atoms with Crippen LogP contribution in [0.25, 0.3) is 0 Å². The third-order valence-electron chi connectivity index (χ3n) is 3.72. The Labute approximate surface area is 142 Å². The van der Waals surface area contributed by atoms with Gasteiger partial charge in [-0.15, -0.1) is 0 Å². The molecule has 0 unspecified atom stereocenters. The number of likely N-dealkylation sites (N-methyl/N-ethyl adjacent to an activating group) is 1. The highest BCUT2D eigenvalue weighted by molar-refractivity contribution is 6.01. The lowest BCUT2D eigenvalue weighted by Crippen LogP contribution is -2.30. The summed E-state index contributed by atoms with van der Waals surface area (Å²) in [6.07, 6.45) is 0. The topological polar surface area (TPSA) is 58.6 Å². The van der Waals surface area contributed by atoms with Crippen molar-refractivity contribution in [3.8, 4) is 0 Å². The van der Waals surface area contributed by atoms with Gasteiger partial charge in [-0.2, -0.15) is 0 Å². The van der Waals surface area contributed by atoms with Gasteiger partial charge in [0, 0.05) is 6.54 Å². The fourth-order valence-corrected chi connectivity index (χ4v) is 2.45. The lowest BCUT2D eigenvalue weighted by Gasteiger charge is -2.18. The third-order valence-corrected chi connectivity index (χ3v) is 3.72. The highest BCUT2D eigenvalue weighted by Gasteiger charge is 2.14. The molecule has 0 heterocycles. The molecule has 0 fully saturated rings. The van der Waals surface area contributed by atoms with Gasteiger partial charge in [-0.25, -0.2) is 4.79 Å². The standard InChI is InChI=1S/C19H22N2O3/c1-14-8-4-5-9-15(14)12-21(2)13-18(22)20-17-11-7-6-10-16(17)19(23)24-3/h4-11H,12-13H2,1-3H3,(H,20,22). The van der Waals surface area contributed by atoms with E-state index in [2.05, 4.69) is 24.4 Å². The third kappa shape index (κ3) is 4.67. The Hall–Kier alpha value is -2.66. The number of ether oxygens (including phenoxy) is 1. The Morgan fingerprint density at radius 3 is 2.46 bits per heavy atom. The molecule has 0 aliphatic carbocycles. The largest absolute Gasteiger partial charge is 0.465 e. The number of rotatable bonds is 6. The fraction of sp³-hybridized carbons (Fsp3) is 0.263. The van der Waals surface area contributed by atoms with Crippen molar-refractivity contribution in [2.75, 3.05) is 26.0 Å². The van der Waals surface area contributed by atoms with Crippen molar-refractivity contribution in [3.05, 3.63) is 65.2 Å². The number of carbonyl (C=O) groups is 2. The monoisotopic (exact) mass is 326 g/mol. The summed E-state index contributed by atoms with van der Waals surface area (Å²) in [6, 6.07) is 14.9. The molecular formula is C19H22N2O3. The number of carbonyl (C=O) groups excluding carboxylic acids is 2. The summed E-state index contributed by atoms with van der Waals surface area (Å²) >= 11 is 0. The van der Waals surface area contributed by atoms with Crippen LogP contribution in [0.4, 0.5) is 5.69 Å². The average molecular weight is 326 g/mol. The minimum absolute atomic E-state index is 0.178. The molecule has 1 N–H and O–H groups in total. The summed E-state index contributed by atoms with van der Waals surface area (Å²) in [6.45, 7) is 2.96. The van der Waals surface area contributed by atoms with Crippen molar-refractivity contribution < 1.29 is 14.3 Å². The number of hydrogen-bond donors (Lipinski definition) is 1. The van der Waals surface area contributed by atoms with Gasteiger partial charge in [0.05, 0.1) is 24.9 Å². The molecule has 0 saturated heterocycles. The number of benzene rings is 2. The van der Waals surface area contributed by atoms with Crippen LogP contribution in [0, 0.1) is 6.92 Å². The van der Waals surface area contributed by atoms with E-state index in [1.165, 1.54) is 18.2 Å². The van der Waals surface area contributed by atoms with Crippen LogP contribution in [0.3, 0.4) is 0 Å². The molecule has 5 nitrogen and oxygen atoms in total. The molecule has 0 atom stereocenters. The number of aryl methyl sites for hydroxylation is 1. The Bertz CT molecular complexity index is 728. The first kappa shape index (κ1) is 17.7. The first-order valence-electron chi connectivity index (χ1n) is 7.71. The zero-order valence-corrected chi connectivity index (χ0v) is 14.2. The second-order valence-electron chi connectivity index (χ2n) is 5.68. The van der Waals surface area contributed by atoms with Crippen molar-refractivity contribution in [1.82, 2.24) is 4.90 Å². The van der Waals surface area contributed by atoms with Crippen molar-refractivity contribution in [2.45, 2.75) is 13.5 Å². The van der Waals surface area contributed by atoms with Crippen molar-refractivity contribution in [2.24, 2.45) is 0 Å². The van der Waals surface area contributed by atoms with Crippen LogP contribution in [-0.2, 0) is 16.1 Å². The molecule has 1 amide bonds. The summed E-state index contributed by atoms with van der Waals surface area (Å²) in [5.41, 5.74) is 3.18. The molecule has 126 valence electrons. The average Bonchev–Trinajstić information content (AvgIpc) is 2.56. The minimum Gasteiger partial charge on any atom is -0.465 e. The van der Waals surface area contributed by atoms with Crippen LogP contribution in [0.5, 0.6) is 0 Å². The van der Waals surface area contributed by atoms with Gasteiger partial charge in [0.1, 0.15) is 0 Å². The second-order valence-corrected chi connectivity index (χ2v) is 5.68. The zero-order chi connectivity index (χ0) is 17.5. The molecule has 0 bridgehead atoms. The molecule has 2 aromatic rings. The number of methoxy groups -OCH3 is 1. The fourth-order valence-electron chi connectivity index (χ4n) is 2.45. The van der Waals surface area contributed by atoms with Crippen molar-refractivity contribution >= 4 is 17.6 Å². The van der Waals surface area contributed by atoms with Crippen LogP contribution in [-0.4, -0.2) is 37.5 Å². The minimum atomic E-state index is -0.473. The quantitative estimate of drug-likeness (QED) is 0.829. The van der Waals surface area contributed by atoms with Crippen molar-refractivity contribution in [1.29, 1.82) is 0 Å². The number of nitrogens with zero attached hydrogens (tertiary/aromatic N) is 1. The van der Waals surface area contributed by atoms with Gasteiger partial charge >= 0.3 is 5.97 Å². The van der Waals surface area contributed by atoms with E-state index in [0.717, 1.165) is 0 Å². The van der Waals surface area contributed by atoms with E-state index in [1.807, 2.05) is 24.1 Å². The number of esters is 1. The van der Waals surface area contributed by atoms with E-state index < -0.39 is 5.97 Å². The van der Waals surface area contributed by atoms with Gasteiger partial charge in [-0.3, -0.25) is 9.69 Å². The Balaban J connectivity index is 1.99. The molecule has 0 aromatic heterocycles. The molecule has 0 aliphatic rings. The lowest BCUT2D eigenvalue weighted by molar-refractivity contribution is -0.117. The highest BCUT2D eigenvalue weighted by atomic mass is 16.5. The molecule has 2 rings (SSSR count). The molecule has 2 aromatic carbocycles. The predicted octanol–water partition coefficient (Wildman–Crippen LogP) is 2.85. The molecular weight excluding hydrogens is 304 g/mol. The number of amides is 1. The van der Waals surface area contributed by atoms with Gasteiger partial charge in [0.15, 0.2) is 0 Å². The van der Waals surface area contributed by atoms with E-state index >= 15 is 0 Å². The van der Waals surface area contributed by atoms with Gasteiger partial charge in [-0.05, 0) is 37.2 Å². The molecule has 0 radical (unpaired) electrons. The molecule has 0 aliphatic heterocycles. The first-order valence-corrected chi connectivity index (χ1v) is 7.71. The Morgan fingerprint density at radius 2 is 1.75 bits per heavy atom. The summed E-state index contributed by atoms with van der Waals surface area (Å²) < 4.78 is 4.73. The van der Waals surface area contributed by atoms with Gasteiger partial charge < -0.3 is 10.1 Å². The highest BCUT2D eigenvalue weighted by Crippen LogP contribution is 2.16. The zero-order valence-electron chi connectivity index (χ0n) is 14.2. The lowest BCUT2D eigenvalue weighted by atomic mass is 10.1. The van der Waals surface area contributed by atoms with Crippen LogP contribution in [0.1, 0.15) is 21.5 Å². The van der Waals surface area contributed by atoms with Crippen LogP contribution in [0.2, 0.25) is 0 Å². The number of anilines is 1. The van der Waals surface area contributed by atoms with E-state index in [-0.39, 0.29) is 12.5 Å². The maximum atomic E-state index is 12.3. The molecule has 5 heteroatoms. The summed E-state index contributed by atoms with van der Waals surface area (Å²) in [5, 5.41) is 2.78. The Morgan fingerprint density at radius 1 is 1.08 bits per heavy atom. The van der Waals surface area contributed by atoms with Gasteiger partial charge in [0.2, 0.25) is 5.91 Å². The molecule has 0 spiro atoms. The van der Waals surface area contributed by atoms with Gasteiger partial charge in [0.25, 0.3) is 0 Å². The number of nitrogens with one attached hydrogen (secondary N) is 1. The summed E-state index contributed by atoms with van der Waals surface area (Å²) in [4.78, 5) is 25.9. The van der Waals surface area contributed by atoms with E-state index in [0.29, 0.717) is 17.8 Å². The van der Waals surface area contributed by atoms with Crippen LogP contribution in [0.15, 0.2) is 48.5 Å². The number of hydrogen-bond acceptors (Lipinski definition) is 4. The first-order chi connectivity index (χ1) is 11.5. The van der Waals surface area contributed by atoms with Gasteiger partial charge in [-0.1, -0.05) is 36.4 Å². The van der Waals surface area contributed by atoms with Crippen LogP contribution >= 0.6 is 0 Å². The molecule has 24 heavy (non-hydrogen) atoms.